The number of esters is 1. The normalized spacial score (nSPS) is 13.1. The van der Waals surface area contributed by atoms with Gasteiger partial charge in [0.25, 0.3) is 0 Å². The minimum absolute atomic E-state index is 0.00852. The van der Waals surface area contributed by atoms with E-state index in [2.05, 4.69) is 4.99 Å². The molecule has 0 heterocycles. The summed E-state index contributed by atoms with van der Waals surface area (Å²) in [4.78, 5) is 25.7. The Morgan fingerprint density at radius 2 is 2.06 bits per heavy atom. The number of hydrogen-bond acceptors (Lipinski definition) is 5. The van der Waals surface area contributed by atoms with Crippen molar-refractivity contribution in [1.29, 1.82) is 0 Å². The van der Waals surface area contributed by atoms with Gasteiger partial charge in [-0.15, -0.1) is 0 Å². The molecule has 0 aromatic rings. The fourth-order valence-corrected chi connectivity index (χ4v) is 1.02. The minimum atomic E-state index is -1.03. The second-order valence-electron chi connectivity index (χ2n) is 4.42. The van der Waals surface area contributed by atoms with Gasteiger partial charge >= 0.3 is 99.6 Å². The number of aliphatic carboxylic acids is 1. The van der Waals surface area contributed by atoms with Crippen LogP contribution in [0.25, 0.3) is 0 Å². The number of rotatable bonds is 6. The second-order valence-corrected chi connectivity index (χ2v) is 4.42. The zero-order valence-electron chi connectivity index (χ0n) is 10.2. The van der Waals surface area contributed by atoms with E-state index in [1.54, 1.807) is 20.8 Å². The first kappa shape index (κ1) is 15.5. The van der Waals surface area contributed by atoms with Crippen LogP contribution in [0.2, 0.25) is 0 Å². The van der Waals surface area contributed by atoms with Crippen LogP contribution in [-0.4, -0.2) is 42.0 Å². The van der Waals surface area contributed by atoms with Crippen LogP contribution >= 0.6 is 0 Å². The average Bonchev–Trinajstić information content (AvgIpc) is 2.14. The summed E-state index contributed by atoms with van der Waals surface area (Å²) in [6.45, 7) is 5.09. The molecule has 0 amide bonds. The standard InChI is InChI=1S/C10H16BNO5/c1-10(2,3)17-9(15)7(12-6-11-16)4-5-8(13)14/h6-7H,4-5H2,1-3H3,(H,13,14). The van der Waals surface area contributed by atoms with E-state index in [-0.39, 0.29) is 12.8 Å². The number of carboxylic acids is 1. The maximum absolute atomic E-state index is 11.6. The molecule has 94 valence electrons. The van der Waals surface area contributed by atoms with Crippen LogP contribution in [0.1, 0.15) is 33.6 Å². The van der Waals surface area contributed by atoms with Crippen LogP contribution in [0.4, 0.5) is 0 Å². The third-order valence-electron chi connectivity index (χ3n) is 1.64. The number of nitrogens with zero attached hydrogens (tertiary/aromatic N) is 1. The van der Waals surface area contributed by atoms with Gasteiger partial charge in [0.2, 0.25) is 0 Å². The molecule has 1 atom stereocenters. The predicted molar refractivity (Wildman–Crippen MR) is 61.4 cm³/mol. The molecular weight excluding hydrogens is 225 g/mol. The number of carboxylic acid groups (broad SMARTS) is 1. The third-order valence-corrected chi connectivity index (χ3v) is 1.64. The van der Waals surface area contributed by atoms with Crippen molar-refractivity contribution in [2.24, 2.45) is 4.99 Å². The maximum atomic E-state index is 11.6. The van der Waals surface area contributed by atoms with Gasteiger partial charge in [-0.1, -0.05) is 0 Å². The van der Waals surface area contributed by atoms with E-state index in [1.807, 2.05) is 0 Å². The summed E-state index contributed by atoms with van der Waals surface area (Å²) < 4.78 is 15.2. The summed E-state index contributed by atoms with van der Waals surface area (Å²) in [5.41, 5.74) is -0.671. The van der Waals surface area contributed by atoms with Crippen molar-refractivity contribution in [3.63, 3.8) is 0 Å². The molecule has 0 aliphatic rings. The van der Waals surface area contributed by atoms with E-state index in [9.17, 15) is 14.3 Å². The van der Waals surface area contributed by atoms with Gasteiger partial charge in [0.05, 0.1) is 0 Å². The van der Waals surface area contributed by atoms with E-state index < -0.39 is 23.6 Å². The van der Waals surface area contributed by atoms with Crippen LogP contribution in [-0.2, 0) is 19.0 Å². The topological polar surface area (TPSA) is 93.0 Å². The molecule has 0 rings (SSSR count). The molecule has 0 aliphatic heterocycles. The zero-order chi connectivity index (χ0) is 13.5. The Morgan fingerprint density at radius 3 is 2.47 bits per heavy atom. The van der Waals surface area contributed by atoms with Gasteiger partial charge in [0.15, 0.2) is 0 Å². The van der Waals surface area contributed by atoms with Crippen LogP contribution in [0, 0.1) is 0 Å². The van der Waals surface area contributed by atoms with Crippen molar-refractivity contribution in [1.82, 2.24) is 0 Å². The number of hydrogen-bond donors (Lipinski definition) is 1. The molecule has 0 bridgehead atoms. The molecule has 0 saturated heterocycles. The molecule has 0 aromatic heterocycles. The molecule has 0 aromatic carbocycles. The molecular formula is C10H16BNO5. The predicted octanol–water partition coefficient (Wildman–Crippen LogP) is 0.639. The van der Waals surface area contributed by atoms with Gasteiger partial charge in [0, 0.05) is 0 Å². The molecule has 1 unspecified atom stereocenters. The summed E-state index contributed by atoms with van der Waals surface area (Å²) in [7, 11) is 0.429. The zero-order valence-corrected chi connectivity index (χ0v) is 10.2. The summed E-state index contributed by atoms with van der Waals surface area (Å²) >= 11 is 0. The SMILES string of the molecule is CC(C)(C)OC(=O)C(CCC(=O)O)N=CB=O. The van der Waals surface area contributed by atoms with Gasteiger partial charge in [-0.05, 0) is 0 Å². The Balaban J connectivity index is 4.55. The molecule has 0 aliphatic carbocycles. The summed E-state index contributed by atoms with van der Waals surface area (Å²) in [5.74, 6) is -1.66. The Kier molecular flexibility index (Phi) is 6.31. The molecule has 0 fully saturated rings. The van der Waals surface area contributed by atoms with Gasteiger partial charge in [-0.3, -0.25) is 0 Å². The van der Waals surface area contributed by atoms with E-state index in [4.69, 9.17) is 9.84 Å². The number of carbonyl (C=O) groups is 2. The fourth-order valence-electron chi connectivity index (χ4n) is 1.02. The quantitative estimate of drug-likeness (QED) is 0.418. The Morgan fingerprint density at radius 1 is 1.47 bits per heavy atom. The second kappa shape index (κ2) is 6.93. The van der Waals surface area contributed by atoms with Crippen LogP contribution < -0.4 is 0 Å². The van der Waals surface area contributed by atoms with Gasteiger partial charge in [-0.25, -0.2) is 0 Å². The van der Waals surface area contributed by atoms with Crippen LogP contribution in [0.3, 0.4) is 0 Å². The Hall–Kier alpha value is -1.53. The third kappa shape index (κ3) is 8.30. The molecule has 1 N–H and O–H groups in total. The molecule has 17 heavy (non-hydrogen) atoms. The molecule has 6 nitrogen and oxygen atoms in total. The van der Waals surface area contributed by atoms with Crippen molar-refractivity contribution in [2.45, 2.75) is 45.3 Å². The van der Waals surface area contributed by atoms with Gasteiger partial charge in [-0.2, -0.15) is 0 Å². The monoisotopic (exact) mass is 241 g/mol. The van der Waals surface area contributed by atoms with E-state index in [0.717, 1.165) is 6.11 Å². The summed E-state index contributed by atoms with van der Waals surface area (Å²) in [6.07, 6.45) is 0.727. The van der Waals surface area contributed by atoms with E-state index in [0.29, 0.717) is 7.15 Å². The molecule has 0 spiro atoms. The van der Waals surface area contributed by atoms with Crippen molar-refractivity contribution in [3.8, 4) is 0 Å². The van der Waals surface area contributed by atoms with Crippen molar-refractivity contribution < 1.29 is 24.1 Å². The van der Waals surface area contributed by atoms with Crippen molar-refractivity contribution in [2.75, 3.05) is 0 Å². The molecule has 7 heteroatoms. The fraction of sp³-hybridized carbons (Fsp3) is 0.700. The Bertz CT molecular complexity index is 321. The van der Waals surface area contributed by atoms with Crippen LogP contribution in [0.5, 0.6) is 0 Å². The van der Waals surface area contributed by atoms with Gasteiger partial charge in [0.1, 0.15) is 0 Å². The molecule has 0 radical (unpaired) electrons. The summed E-state index contributed by atoms with van der Waals surface area (Å²) in [6, 6.07) is -0.949. The van der Waals surface area contributed by atoms with E-state index in [1.165, 1.54) is 0 Å². The first-order chi connectivity index (χ1) is 7.76. The summed E-state index contributed by atoms with van der Waals surface area (Å²) in [5, 5.41) is 8.53. The van der Waals surface area contributed by atoms with Crippen LogP contribution in [0.15, 0.2) is 4.99 Å². The number of ether oxygens (including phenoxy) is 1. The van der Waals surface area contributed by atoms with E-state index >= 15 is 0 Å². The first-order valence-corrected chi connectivity index (χ1v) is 5.18. The number of carbonyl (C=O) groups excluding carboxylic acids is 1. The van der Waals surface area contributed by atoms with Gasteiger partial charge < -0.3 is 0 Å². The van der Waals surface area contributed by atoms with Crippen molar-refractivity contribution in [3.05, 3.63) is 0 Å². The first-order valence-electron chi connectivity index (χ1n) is 5.18. The average molecular weight is 241 g/mol. The Labute approximate surface area is 100 Å². The van der Waals surface area contributed by atoms with Crippen molar-refractivity contribution >= 4 is 25.2 Å². The number of aliphatic imine (C=N–C) groups is 1. The molecule has 0 saturated carbocycles.